The highest BCUT2D eigenvalue weighted by Crippen LogP contribution is 2.32. The number of carbonyl (C=O) groups is 1. The van der Waals surface area contributed by atoms with Gasteiger partial charge in [0, 0.05) is 38.1 Å². The number of hydrogen-bond donors (Lipinski definition) is 1. The molecule has 0 bridgehead atoms. The van der Waals surface area contributed by atoms with E-state index in [9.17, 15) is 4.79 Å². The fourth-order valence-electron chi connectivity index (χ4n) is 3.75. The number of amides is 1. The molecule has 0 radical (unpaired) electrons. The SMILES string of the molecule is O=C(NCCC1CC1)c1ccc(N2CCN(c3nsc4ccccc34)CC2)nn1. The summed E-state index contributed by atoms with van der Waals surface area (Å²) in [6.07, 6.45) is 3.67. The molecule has 1 N–H and O–H groups in total. The minimum atomic E-state index is -0.134. The number of carbonyl (C=O) groups excluding carboxylic acids is 1. The van der Waals surface area contributed by atoms with E-state index >= 15 is 0 Å². The molecule has 3 heterocycles. The Morgan fingerprint density at radius 1 is 1.03 bits per heavy atom. The number of anilines is 2. The van der Waals surface area contributed by atoms with Gasteiger partial charge in [-0.2, -0.15) is 4.37 Å². The van der Waals surface area contributed by atoms with Crippen LogP contribution < -0.4 is 15.1 Å². The first-order valence-electron chi connectivity index (χ1n) is 10.2. The summed E-state index contributed by atoms with van der Waals surface area (Å²) in [5.41, 5.74) is 0.386. The van der Waals surface area contributed by atoms with Crippen LogP contribution in [0.25, 0.3) is 10.1 Å². The van der Waals surface area contributed by atoms with Gasteiger partial charge in [-0.15, -0.1) is 10.2 Å². The van der Waals surface area contributed by atoms with Gasteiger partial charge in [0.25, 0.3) is 5.91 Å². The number of fused-ring (bicyclic) bond motifs is 1. The second-order valence-electron chi connectivity index (χ2n) is 7.74. The molecule has 2 aromatic heterocycles. The van der Waals surface area contributed by atoms with Crippen LogP contribution in [-0.4, -0.2) is 53.2 Å². The Kier molecular flexibility index (Phi) is 5.01. The average Bonchev–Trinajstić information content (AvgIpc) is 3.50. The van der Waals surface area contributed by atoms with Crippen molar-refractivity contribution >= 4 is 39.2 Å². The van der Waals surface area contributed by atoms with Gasteiger partial charge in [-0.05, 0) is 48.1 Å². The van der Waals surface area contributed by atoms with Crippen LogP contribution in [0.3, 0.4) is 0 Å². The lowest BCUT2D eigenvalue weighted by Gasteiger charge is -2.35. The second-order valence-corrected chi connectivity index (χ2v) is 8.55. The third-order valence-corrected chi connectivity index (χ3v) is 6.50. The van der Waals surface area contributed by atoms with Crippen molar-refractivity contribution in [3.8, 4) is 0 Å². The molecule has 150 valence electrons. The zero-order valence-electron chi connectivity index (χ0n) is 16.3. The summed E-state index contributed by atoms with van der Waals surface area (Å²) in [4.78, 5) is 16.7. The molecule has 1 aliphatic carbocycles. The van der Waals surface area contributed by atoms with Crippen molar-refractivity contribution in [3.05, 3.63) is 42.1 Å². The zero-order chi connectivity index (χ0) is 19.6. The summed E-state index contributed by atoms with van der Waals surface area (Å²) in [6, 6.07) is 12.0. The summed E-state index contributed by atoms with van der Waals surface area (Å²) >= 11 is 1.55. The number of piperazine rings is 1. The maximum Gasteiger partial charge on any atom is 0.271 e. The number of nitrogens with zero attached hydrogens (tertiary/aromatic N) is 5. The van der Waals surface area contributed by atoms with Gasteiger partial charge in [-0.1, -0.05) is 25.0 Å². The highest BCUT2D eigenvalue weighted by molar-refractivity contribution is 7.13. The van der Waals surface area contributed by atoms with Gasteiger partial charge in [-0.25, -0.2) is 0 Å². The molecule has 0 atom stereocenters. The molecule has 2 fully saturated rings. The Hall–Kier alpha value is -2.74. The molecule has 0 unspecified atom stereocenters. The van der Waals surface area contributed by atoms with E-state index in [2.05, 4.69) is 54.0 Å². The normalized spacial score (nSPS) is 17.0. The lowest BCUT2D eigenvalue weighted by atomic mass is 10.2. The Bertz CT molecular complexity index is 992. The molecule has 8 heteroatoms. The quantitative estimate of drug-likeness (QED) is 0.676. The Labute approximate surface area is 173 Å². The lowest BCUT2D eigenvalue weighted by molar-refractivity contribution is 0.0946. The van der Waals surface area contributed by atoms with Crippen molar-refractivity contribution in [2.24, 2.45) is 5.92 Å². The van der Waals surface area contributed by atoms with E-state index in [0.717, 1.165) is 56.7 Å². The van der Waals surface area contributed by atoms with Crippen molar-refractivity contribution in [2.45, 2.75) is 19.3 Å². The van der Waals surface area contributed by atoms with Gasteiger partial charge in [-0.3, -0.25) is 4.79 Å². The van der Waals surface area contributed by atoms with Crippen LogP contribution in [-0.2, 0) is 0 Å². The van der Waals surface area contributed by atoms with E-state index in [-0.39, 0.29) is 5.91 Å². The predicted octanol–water partition coefficient (Wildman–Crippen LogP) is 2.94. The Morgan fingerprint density at radius 2 is 1.83 bits per heavy atom. The summed E-state index contributed by atoms with van der Waals surface area (Å²) < 4.78 is 5.89. The van der Waals surface area contributed by atoms with Gasteiger partial charge in [0.05, 0.1) is 4.70 Å². The molecule has 1 saturated carbocycles. The van der Waals surface area contributed by atoms with E-state index in [1.807, 2.05) is 6.07 Å². The molecule has 1 aliphatic heterocycles. The van der Waals surface area contributed by atoms with Crippen LogP contribution in [0, 0.1) is 5.92 Å². The fourth-order valence-corrected chi connectivity index (χ4v) is 4.55. The molecule has 1 aromatic carbocycles. The third kappa shape index (κ3) is 4.03. The number of hydrogen-bond acceptors (Lipinski definition) is 7. The van der Waals surface area contributed by atoms with Crippen LogP contribution in [0.1, 0.15) is 29.8 Å². The van der Waals surface area contributed by atoms with Crippen LogP contribution in [0.15, 0.2) is 36.4 Å². The molecule has 2 aliphatic rings. The Balaban J connectivity index is 1.18. The molecular weight excluding hydrogens is 384 g/mol. The summed E-state index contributed by atoms with van der Waals surface area (Å²) in [6.45, 7) is 4.21. The van der Waals surface area contributed by atoms with E-state index < -0.39 is 0 Å². The van der Waals surface area contributed by atoms with Gasteiger partial charge in [0.1, 0.15) is 5.82 Å². The van der Waals surface area contributed by atoms with Crippen molar-refractivity contribution in [1.82, 2.24) is 19.9 Å². The van der Waals surface area contributed by atoms with Gasteiger partial charge < -0.3 is 15.1 Å². The highest BCUT2D eigenvalue weighted by Gasteiger charge is 2.23. The number of aromatic nitrogens is 3. The molecule has 3 aromatic rings. The molecule has 1 saturated heterocycles. The summed E-state index contributed by atoms with van der Waals surface area (Å²) in [5, 5.41) is 12.6. The maximum absolute atomic E-state index is 12.2. The Morgan fingerprint density at radius 3 is 2.59 bits per heavy atom. The van der Waals surface area contributed by atoms with E-state index in [1.54, 1.807) is 17.6 Å². The van der Waals surface area contributed by atoms with E-state index in [1.165, 1.54) is 22.9 Å². The molecule has 0 spiro atoms. The minimum Gasteiger partial charge on any atom is -0.352 e. The summed E-state index contributed by atoms with van der Waals surface area (Å²) in [5.74, 6) is 2.58. The van der Waals surface area contributed by atoms with E-state index in [0.29, 0.717) is 5.69 Å². The topological polar surface area (TPSA) is 74.2 Å². The van der Waals surface area contributed by atoms with Crippen molar-refractivity contribution in [1.29, 1.82) is 0 Å². The van der Waals surface area contributed by atoms with Crippen molar-refractivity contribution in [2.75, 3.05) is 42.5 Å². The van der Waals surface area contributed by atoms with Crippen molar-refractivity contribution < 1.29 is 4.79 Å². The number of nitrogens with one attached hydrogen (secondary N) is 1. The molecule has 1 amide bonds. The standard InChI is InChI=1S/C21H24N6OS/c28-21(22-10-9-15-5-6-15)17-7-8-19(24-23-17)26-11-13-27(14-12-26)20-16-3-1-2-4-18(16)29-25-20/h1-4,7-8,15H,5-6,9-14H2,(H,22,28). The number of benzene rings is 1. The summed E-state index contributed by atoms with van der Waals surface area (Å²) in [7, 11) is 0. The zero-order valence-corrected chi connectivity index (χ0v) is 17.1. The van der Waals surface area contributed by atoms with E-state index in [4.69, 9.17) is 0 Å². The average molecular weight is 409 g/mol. The largest absolute Gasteiger partial charge is 0.352 e. The van der Waals surface area contributed by atoms with Gasteiger partial charge in [0.15, 0.2) is 11.5 Å². The second kappa shape index (κ2) is 7.94. The van der Waals surface area contributed by atoms with Crippen LogP contribution in [0.5, 0.6) is 0 Å². The maximum atomic E-state index is 12.2. The first kappa shape index (κ1) is 18.3. The smallest absolute Gasteiger partial charge is 0.271 e. The molecule has 7 nitrogen and oxygen atoms in total. The lowest BCUT2D eigenvalue weighted by Crippen LogP contribution is -2.47. The molecule has 29 heavy (non-hydrogen) atoms. The first-order valence-corrected chi connectivity index (χ1v) is 11.0. The molecule has 5 rings (SSSR count). The van der Waals surface area contributed by atoms with Crippen LogP contribution >= 0.6 is 11.5 Å². The highest BCUT2D eigenvalue weighted by atomic mass is 32.1. The van der Waals surface area contributed by atoms with Crippen molar-refractivity contribution in [3.63, 3.8) is 0 Å². The molecular formula is C21H24N6OS. The first-order chi connectivity index (χ1) is 14.3. The monoisotopic (exact) mass is 408 g/mol. The number of rotatable bonds is 6. The van der Waals surface area contributed by atoms with Crippen LogP contribution in [0.2, 0.25) is 0 Å². The fraction of sp³-hybridized carbons (Fsp3) is 0.429. The predicted molar refractivity (Wildman–Crippen MR) is 116 cm³/mol. The van der Waals surface area contributed by atoms with Crippen LogP contribution in [0.4, 0.5) is 11.6 Å². The minimum absolute atomic E-state index is 0.134. The van der Waals surface area contributed by atoms with Gasteiger partial charge in [0.2, 0.25) is 0 Å². The van der Waals surface area contributed by atoms with Gasteiger partial charge >= 0.3 is 0 Å². The third-order valence-electron chi connectivity index (χ3n) is 5.68.